The van der Waals surface area contributed by atoms with Crippen molar-refractivity contribution >= 4 is 43.1 Å². The summed E-state index contributed by atoms with van der Waals surface area (Å²) in [6.45, 7) is 38.1. The summed E-state index contributed by atoms with van der Waals surface area (Å²) in [7, 11) is 0. The Morgan fingerprint density at radius 2 is 0.467 bits per heavy atom. The van der Waals surface area contributed by atoms with Crippen LogP contribution in [0.1, 0.15) is 155 Å². The van der Waals surface area contributed by atoms with E-state index in [2.05, 4.69) is 293 Å². The Morgan fingerprint density at radius 3 is 0.783 bits per heavy atom. The lowest BCUT2D eigenvalue weighted by atomic mass is 9.80. The molecule has 13 aromatic rings. The molecule has 0 spiro atoms. The second-order valence-corrected chi connectivity index (χ2v) is 33.7. The predicted molar refractivity (Wildman–Crippen MR) is 395 cm³/mol. The van der Waals surface area contributed by atoms with Crippen LogP contribution in [0, 0.1) is 0 Å². The zero-order valence-corrected chi connectivity index (χ0v) is 56.3. The molecule has 0 unspecified atom stereocenters. The van der Waals surface area contributed by atoms with Gasteiger partial charge >= 0.3 is 0 Å². The lowest BCUT2D eigenvalue weighted by Gasteiger charge is -2.23. The lowest BCUT2D eigenvalue weighted by Crippen LogP contribution is -2.15. The van der Waals surface area contributed by atoms with E-state index in [0.29, 0.717) is 0 Å². The maximum Gasteiger partial charge on any atom is 0.0159 e. The van der Waals surface area contributed by atoms with Crippen LogP contribution in [0.25, 0.3) is 177 Å². The lowest BCUT2D eigenvalue weighted by molar-refractivity contribution is 0.589. The average molecular weight is 1180 g/mol. The first kappa shape index (κ1) is 54.6. The van der Waals surface area contributed by atoms with Gasteiger partial charge in [0.05, 0.1) is 0 Å². The van der Waals surface area contributed by atoms with E-state index in [1.54, 1.807) is 0 Å². The van der Waals surface area contributed by atoms with E-state index in [-0.39, 0.29) is 32.5 Å². The molecular formula is C92H78. The van der Waals surface area contributed by atoms with Crippen LogP contribution in [0.15, 0.2) is 182 Å². The van der Waals surface area contributed by atoms with Gasteiger partial charge in [-0.1, -0.05) is 214 Å². The zero-order valence-electron chi connectivity index (χ0n) is 56.3. The van der Waals surface area contributed by atoms with Crippen molar-refractivity contribution in [1.82, 2.24) is 0 Å². The molecule has 0 nitrogen and oxygen atoms in total. The second-order valence-electron chi connectivity index (χ2n) is 33.7. The van der Waals surface area contributed by atoms with Crippen molar-refractivity contribution in [3.63, 3.8) is 0 Å². The van der Waals surface area contributed by atoms with Gasteiger partial charge < -0.3 is 0 Å². The third-order valence-electron chi connectivity index (χ3n) is 23.4. The van der Waals surface area contributed by atoms with Crippen molar-refractivity contribution in [2.75, 3.05) is 0 Å². The molecule has 446 valence electrons. The van der Waals surface area contributed by atoms with E-state index >= 15 is 0 Å². The van der Waals surface area contributed by atoms with E-state index in [4.69, 9.17) is 0 Å². The van der Waals surface area contributed by atoms with Gasteiger partial charge in [-0.15, -0.1) is 0 Å². The predicted octanol–water partition coefficient (Wildman–Crippen LogP) is 26.0. The van der Waals surface area contributed by atoms with Crippen LogP contribution < -0.4 is 0 Å². The molecule has 0 saturated heterocycles. The summed E-state index contributed by atoms with van der Waals surface area (Å²) >= 11 is 0. The van der Waals surface area contributed by atoms with Gasteiger partial charge in [0.1, 0.15) is 0 Å². The van der Waals surface area contributed by atoms with Gasteiger partial charge in [0.25, 0.3) is 0 Å². The minimum Gasteiger partial charge on any atom is -0.0610 e. The molecule has 13 aromatic carbocycles. The number of hydrogen-bond acceptors (Lipinski definition) is 0. The number of fused-ring (bicyclic) bond motifs is 18. The van der Waals surface area contributed by atoms with Gasteiger partial charge in [0.15, 0.2) is 0 Å². The Morgan fingerprint density at radius 1 is 0.207 bits per heavy atom. The molecule has 0 N–H and O–H groups in total. The van der Waals surface area contributed by atoms with Crippen LogP contribution in [-0.4, -0.2) is 0 Å². The molecule has 0 heterocycles. The summed E-state index contributed by atoms with van der Waals surface area (Å²) in [5.41, 5.74) is 43.5. The van der Waals surface area contributed by atoms with Gasteiger partial charge in [-0.25, -0.2) is 0 Å². The van der Waals surface area contributed by atoms with E-state index in [0.717, 1.165) is 0 Å². The monoisotopic (exact) mass is 1180 g/mol. The largest absolute Gasteiger partial charge is 0.0610 e. The SMILES string of the molecule is CC(C)(C)c1cc2c3c(cc(C(C)(C)C)cc3c1)-c1cc3c(cc1-2)-c1cc2c(cc1C3(C)C)-c1cccc3c(-c4cccc(-c5ccc6c7c(cccc57)-c5cc7c(cc5-6)-c5cc6c(cc5C7(C)C)-c5cc(C(C)(C)C)cc7cc(C(C)(C)C)cc-6c57)c4)ccc-2c13. The van der Waals surface area contributed by atoms with E-state index in [1.165, 1.54) is 221 Å². The molecule has 0 saturated carbocycles. The van der Waals surface area contributed by atoms with Crippen LogP contribution in [0.2, 0.25) is 0 Å². The molecule has 6 aliphatic rings. The molecule has 0 bridgehead atoms. The minimum atomic E-state index is -0.178. The molecule has 0 atom stereocenters. The van der Waals surface area contributed by atoms with Crippen molar-refractivity contribution in [1.29, 1.82) is 0 Å². The molecule has 6 aliphatic carbocycles. The first-order valence-corrected chi connectivity index (χ1v) is 33.9. The van der Waals surface area contributed by atoms with Crippen LogP contribution in [0.3, 0.4) is 0 Å². The molecule has 0 radical (unpaired) electrons. The minimum absolute atomic E-state index is 0.0266. The number of benzene rings is 13. The van der Waals surface area contributed by atoms with E-state index in [1.807, 2.05) is 0 Å². The molecular weight excluding hydrogens is 1110 g/mol. The summed E-state index contributed by atoms with van der Waals surface area (Å²) in [5, 5.41) is 10.9. The summed E-state index contributed by atoms with van der Waals surface area (Å²) < 4.78 is 0. The zero-order chi connectivity index (χ0) is 63.3. The van der Waals surface area contributed by atoms with Crippen LogP contribution in [-0.2, 0) is 32.5 Å². The Hall–Kier alpha value is -9.10. The van der Waals surface area contributed by atoms with Crippen LogP contribution in [0.5, 0.6) is 0 Å². The van der Waals surface area contributed by atoms with Gasteiger partial charge in [-0.05, 0) is 322 Å². The van der Waals surface area contributed by atoms with Crippen LogP contribution >= 0.6 is 0 Å². The van der Waals surface area contributed by atoms with Crippen molar-refractivity contribution in [2.24, 2.45) is 0 Å². The summed E-state index contributed by atoms with van der Waals surface area (Å²) in [6, 6.07) is 73.7. The normalized spacial score (nSPS) is 15.1. The molecule has 0 aromatic heterocycles. The standard InChI is InChI=1S/C92H78/c1-87(2,3)51-31-49-33-53(89(7,8)9)37-77-69-45-81-73(41-65(69)75(35-51)83(49)77)71-39-63-61-28-26-55(57-22-18-24-59(85(57)61)67(63)43-79(71)91(81,13)14)47-20-17-21-48(30-47)56-27-29-62-64-40-72-74-42-66-70(46-82(74)92(15,16)80(72)44-68(64)60-25-19-23-58(56)86(60)62)78-38-54(90(10,11)12)34-50-32-52(88(4,5)6)36-76(66)84(50)78/h17-46H,1-16H3. The average Bonchev–Trinajstić information content (AvgIpc) is 1.54. The van der Waals surface area contributed by atoms with Crippen molar-refractivity contribution in [3.05, 3.63) is 226 Å². The molecule has 0 heteroatoms. The topological polar surface area (TPSA) is 0 Å². The number of hydrogen-bond donors (Lipinski definition) is 0. The highest BCUT2D eigenvalue weighted by Gasteiger charge is 2.43. The summed E-state index contributed by atoms with van der Waals surface area (Å²) in [6.07, 6.45) is 0. The Labute approximate surface area is 543 Å². The Balaban J connectivity index is 0.693. The summed E-state index contributed by atoms with van der Waals surface area (Å²) in [5.74, 6) is 0. The maximum atomic E-state index is 2.59. The molecule has 0 aliphatic heterocycles. The fourth-order valence-corrected chi connectivity index (χ4v) is 18.1. The molecule has 0 fully saturated rings. The van der Waals surface area contributed by atoms with Gasteiger partial charge in [-0.2, -0.15) is 0 Å². The molecule has 19 rings (SSSR count). The second kappa shape index (κ2) is 17.1. The highest BCUT2D eigenvalue weighted by Crippen LogP contribution is 2.63. The Bertz CT molecular complexity index is 5330. The first-order chi connectivity index (χ1) is 43.6. The van der Waals surface area contributed by atoms with E-state index < -0.39 is 0 Å². The Kier molecular flexibility index (Phi) is 10.2. The van der Waals surface area contributed by atoms with Crippen molar-refractivity contribution in [3.8, 4) is 134 Å². The van der Waals surface area contributed by atoms with Gasteiger partial charge in [0, 0.05) is 10.8 Å². The van der Waals surface area contributed by atoms with Gasteiger partial charge in [-0.3, -0.25) is 0 Å². The third-order valence-corrected chi connectivity index (χ3v) is 23.4. The smallest absolute Gasteiger partial charge is 0.0159 e. The van der Waals surface area contributed by atoms with Crippen molar-refractivity contribution < 1.29 is 0 Å². The fourth-order valence-electron chi connectivity index (χ4n) is 18.1. The molecule has 92 heavy (non-hydrogen) atoms. The number of rotatable bonds is 2. The highest BCUT2D eigenvalue weighted by molar-refractivity contribution is 6.23. The quantitative estimate of drug-likeness (QED) is 0.162. The van der Waals surface area contributed by atoms with Crippen LogP contribution in [0.4, 0.5) is 0 Å². The van der Waals surface area contributed by atoms with Gasteiger partial charge in [0.2, 0.25) is 0 Å². The third kappa shape index (κ3) is 7.04. The highest BCUT2D eigenvalue weighted by atomic mass is 14.5. The molecule has 0 amide bonds. The first-order valence-electron chi connectivity index (χ1n) is 33.9. The van der Waals surface area contributed by atoms with E-state index in [9.17, 15) is 0 Å². The summed E-state index contributed by atoms with van der Waals surface area (Å²) in [4.78, 5) is 0. The fraction of sp³-hybridized carbons (Fsp3) is 0.239. The van der Waals surface area contributed by atoms with Crippen molar-refractivity contribution in [2.45, 2.75) is 143 Å². The maximum absolute atomic E-state index is 2.59.